The molecule has 1 unspecified atom stereocenters. The molecule has 1 aromatic carbocycles. The third kappa shape index (κ3) is 5.49. The highest BCUT2D eigenvalue weighted by atomic mass is 35.5. The normalized spacial score (nSPS) is 12.9. The van der Waals surface area contributed by atoms with Gasteiger partial charge >= 0.3 is 5.97 Å². The lowest BCUT2D eigenvalue weighted by Gasteiger charge is -2.20. The first kappa shape index (κ1) is 15.8. The molecule has 2 N–H and O–H groups in total. The van der Waals surface area contributed by atoms with Gasteiger partial charge in [-0.15, -0.1) is 0 Å². The van der Waals surface area contributed by atoms with E-state index < -0.39 is 11.6 Å². The highest BCUT2D eigenvalue weighted by Gasteiger charge is 2.20. The predicted octanol–water partition coefficient (Wildman–Crippen LogP) is 3.02. The number of hydrogen-bond acceptors (Lipinski definition) is 4. The van der Waals surface area contributed by atoms with E-state index in [9.17, 15) is 4.79 Å². The van der Waals surface area contributed by atoms with Gasteiger partial charge in [-0.25, -0.2) is 4.79 Å². The molecule has 0 aromatic heterocycles. The first-order chi connectivity index (χ1) is 8.69. The number of nitrogens with two attached hydrogens (primary N) is 1. The number of carbonyl (C=O) groups is 1. The molecule has 0 bridgehead atoms. The van der Waals surface area contributed by atoms with Gasteiger partial charge in [0.15, 0.2) is 0 Å². The molecule has 0 radical (unpaired) electrons. The molecule has 0 aliphatic carbocycles. The minimum atomic E-state index is -0.551. The molecular weight excluding hydrogens is 266 g/mol. The fraction of sp³-hybridized carbons (Fsp3) is 0.500. The molecule has 0 spiro atoms. The van der Waals surface area contributed by atoms with Crippen molar-refractivity contribution < 1.29 is 14.3 Å². The van der Waals surface area contributed by atoms with Crippen molar-refractivity contribution in [3.8, 4) is 5.75 Å². The van der Waals surface area contributed by atoms with Crippen LogP contribution in [0.3, 0.4) is 0 Å². The zero-order chi connectivity index (χ0) is 14.6. The second-order valence-corrected chi connectivity index (χ2v) is 5.84. The van der Waals surface area contributed by atoms with Gasteiger partial charge in [0.2, 0.25) is 0 Å². The molecule has 0 aliphatic rings. The maximum atomic E-state index is 11.9. The maximum Gasteiger partial charge on any atom is 0.340 e. The van der Waals surface area contributed by atoms with E-state index in [0.29, 0.717) is 22.9 Å². The molecule has 0 amide bonds. The molecule has 19 heavy (non-hydrogen) atoms. The lowest BCUT2D eigenvalue weighted by atomic mass is 10.1. The standard InChI is InChI=1S/C14H20ClNO3/c1-9(16)8-18-10-5-6-11(12(15)7-10)13(17)19-14(2,3)4/h5-7,9H,8,16H2,1-4H3. The molecule has 1 rings (SSSR count). The topological polar surface area (TPSA) is 61.5 Å². The number of ether oxygens (including phenoxy) is 2. The summed E-state index contributed by atoms with van der Waals surface area (Å²) in [5.41, 5.74) is 5.37. The van der Waals surface area contributed by atoms with E-state index in [0.717, 1.165) is 0 Å². The van der Waals surface area contributed by atoms with Crippen LogP contribution in [-0.4, -0.2) is 24.2 Å². The van der Waals surface area contributed by atoms with Crippen molar-refractivity contribution >= 4 is 17.6 Å². The third-order valence-corrected chi connectivity index (χ3v) is 2.38. The van der Waals surface area contributed by atoms with Gasteiger partial charge in [0, 0.05) is 6.04 Å². The van der Waals surface area contributed by atoms with Crippen LogP contribution in [0, 0.1) is 0 Å². The van der Waals surface area contributed by atoms with Crippen molar-refractivity contribution in [2.24, 2.45) is 5.73 Å². The fourth-order valence-corrected chi connectivity index (χ4v) is 1.56. The Hall–Kier alpha value is -1.26. The number of esters is 1. The van der Waals surface area contributed by atoms with Gasteiger partial charge in [0.05, 0.1) is 10.6 Å². The maximum absolute atomic E-state index is 11.9. The molecule has 0 fully saturated rings. The zero-order valence-electron chi connectivity index (χ0n) is 11.7. The molecule has 1 aromatic rings. The Labute approximate surface area is 118 Å². The average molecular weight is 286 g/mol. The van der Waals surface area contributed by atoms with E-state index in [2.05, 4.69) is 0 Å². The number of hydrogen-bond donors (Lipinski definition) is 1. The minimum Gasteiger partial charge on any atom is -0.492 e. The molecular formula is C14H20ClNO3. The van der Waals surface area contributed by atoms with E-state index in [4.69, 9.17) is 26.8 Å². The van der Waals surface area contributed by atoms with Crippen molar-refractivity contribution in [1.82, 2.24) is 0 Å². The number of halogens is 1. The predicted molar refractivity (Wildman–Crippen MR) is 75.8 cm³/mol. The summed E-state index contributed by atoms with van der Waals surface area (Å²) in [5.74, 6) is 0.130. The summed E-state index contributed by atoms with van der Waals surface area (Å²) < 4.78 is 10.7. The van der Waals surface area contributed by atoms with Crippen LogP contribution in [0.15, 0.2) is 18.2 Å². The van der Waals surface area contributed by atoms with Gasteiger partial charge in [-0.05, 0) is 45.9 Å². The Kier molecular flexibility index (Phi) is 5.20. The van der Waals surface area contributed by atoms with Crippen LogP contribution in [0.25, 0.3) is 0 Å². The van der Waals surface area contributed by atoms with Gasteiger partial charge in [0.25, 0.3) is 0 Å². The first-order valence-corrected chi connectivity index (χ1v) is 6.48. The number of rotatable bonds is 4. The number of benzene rings is 1. The molecule has 1 atom stereocenters. The Morgan fingerprint density at radius 3 is 2.53 bits per heavy atom. The summed E-state index contributed by atoms with van der Waals surface area (Å²) in [6.07, 6.45) is 0. The SMILES string of the molecule is CC(N)COc1ccc(C(=O)OC(C)(C)C)c(Cl)c1. The largest absolute Gasteiger partial charge is 0.492 e. The molecule has 106 valence electrons. The van der Waals surface area contributed by atoms with Crippen LogP contribution in [0.2, 0.25) is 5.02 Å². The van der Waals surface area contributed by atoms with Crippen molar-refractivity contribution in [2.75, 3.05) is 6.61 Å². The van der Waals surface area contributed by atoms with Crippen molar-refractivity contribution in [3.63, 3.8) is 0 Å². The quantitative estimate of drug-likeness (QED) is 0.864. The van der Waals surface area contributed by atoms with E-state index in [1.807, 2.05) is 6.92 Å². The lowest BCUT2D eigenvalue weighted by Crippen LogP contribution is -2.24. The summed E-state index contributed by atoms with van der Waals surface area (Å²) in [6.45, 7) is 7.65. The van der Waals surface area contributed by atoms with Crippen molar-refractivity contribution in [3.05, 3.63) is 28.8 Å². The number of carbonyl (C=O) groups excluding carboxylic acids is 1. The van der Waals surface area contributed by atoms with Crippen molar-refractivity contribution in [1.29, 1.82) is 0 Å². The fourth-order valence-electron chi connectivity index (χ4n) is 1.31. The second kappa shape index (κ2) is 6.26. The summed E-state index contributed by atoms with van der Waals surface area (Å²) in [5, 5.41) is 0.302. The smallest absolute Gasteiger partial charge is 0.340 e. The van der Waals surface area contributed by atoms with Gasteiger partial charge < -0.3 is 15.2 Å². The summed E-state index contributed by atoms with van der Waals surface area (Å²) in [4.78, 5) is 11.9. The van der Waals surface area contributed by atoms with E-state index in [-0.39, 0.29) is 6.04 Å². The monoisotopic (exact) mass is 285 g/mol. The summed E-state index contributed by atoms with van der Waals surface area (Å²) in [7, 11) is 0. The van der Waals surface area contributed by atoms with Crippen LogP contribution >= 0.6 is 11.6 Å². The minimum absolute atomic E-state index is 0.0655. The van der Waals surface area contributed by atoms with Crippen molar-refractivity contribution in [2.45, 2.75) is 39.3 Å². The Morgan fingerprint density at radius 1 is 1.42 bits per heavy atom. The molecule has 0 aliphatic heterocycles. The first-order valence-electron chi connectivity index (χ1n) is 6.10. The molecule has 4 nitrogen and oxygen atoms in total. The Balaban J connectivity index is 2.80. The van der Waals surface area contributed by atoms with Gasteiger partial charge in [-0.2, -0.15) is 0 Å². The van der Waals surface area contributed by atoms with Crippen LogP contribution < -0.4 is 10.5 Å². The third-order valence-electron chi connectivity index (χ3n) is 2.07. The molecule has 0 saturated heterocycles. The van der Waals surface area contributed by atoms with E-state index >= 15 is 0 Å². The molecule has 5 heteroatoms. The Morgan fingerprint density at radius 2 is 2.05 bits per heavy atom. The van der Waals surface area contributed by atoms with Gasteiger partial charge in [0.1, 0.15) is 18.0 Å². The second-order valence-electron chi connectivity index (χ2n) is 5.43. The van der Waals surface area contributed by atoms with Crippen LogP contribution in [0.5, 0.6) is 5.75 Å². The average Bonchev–Trinajstić information content (AvgIpc) is 2.23. The summed E-state index contributed by atoms with van der Waals surface area (Å²) in [6, 6.07) is 4.79. The van der Waals surface area contributed by atoms with Crippen LogP contribution in [0.4, 0.5) is 0 Å². The summed E-state index contributed by atoms with van der Waals surface area (Å²) >= 11 is 6.06. The van der Waals surface area contributed by atoms with E-state index in [1.54, 1.807) is 39.0 Å². The highest BCUT2D eigenvalue weighted by Crippen LogP contribution is 2.24. The lowest BCUT2D eigenvalue weighted by molar-refractivity contribution is 0.00697. The molecule has 0 saturated carbocycles. The van der Waals surface area contributed by atoms with Crippen LogP contribution in [-0.2, 0) is 4.74 Å². The molecule has 0 heterocycles. The zero-order valence-corrected chi connectivity index (χ0v) is 12.5. The van der Waals surface area contributed by atoms with Gasteiger partial charge in [-0.1, -0.05) is 11.6 Å². The Bertz CT molecular complexity index is 452. The van der Waals surface area contributed by atoms with E-state index in [1.165, 1.54) is 0 Å². The van der Waals surface area contributed by atoms with Gasteiger partial charge in [-0.3, -0.25) is 0 Å². The highest BCUT2D eigenvalue weighted by molar-refractivity contribution is 6.33. The van der Waals surface area contributed by atoms with Crippen LogP contribution in [0.1, 0.15) is 38.1 Å².